The van der Waals surface area contributed by atoms with Crippen molar-refractivity contribution in [2.45, 2.75) is 32.1 Å². The zero-order valence-corrected chi connectivity index (χ0v) is 21.6. The number of amides is 3. The highest BCUT2D eigenvalue weighted by Crippen LogP contribution is 2.39. The van der Waals surface area contributed by atoms with Crippen LogP contribution in [0.4, 0.5) is 35.0 Å². The molecular weight excluding hydrogens is 513 g/mol. The number of imide groups is 1. The highest BCUT2D eigenvalue weighted by atomic mass is 19.4. The van der Waals surface area contributed by atoms with Crippen molar-refractivity contribution in [3.05, 3.63) is 77.4 Å². The minimum Gasteiger partial charge on any atom is -0.493 e. The molecule has 1 aliphatic heterocycles. The van der Waals surface area contributed by atoms with Gasteiger partial charge in [0.25, 0.3) is 5.91 Å². The molecule has 39 heavy (non-hydrogen) atoms. The van der Waals surface area contributed by atoms with E-state index in [9.17, 15) is 22.8 Å². The van der Waals surface area contributed by atoms with Crippen LogP contribution in [-0.4, -0.2) is 36.6 Å². The third-order valence-electron chi connectivity index (χ3n) is 6.52. The number of alkyl halides is 3. The highest BCUT2D eigenvalue weighted by Gasteiger charge is 2.52. The molecule has 202 valence electrons. The van der Waals surface area contributed by atoms with E-state index in [-0.39, 0.29) is 12.2 Å². The standard InChI is InChI=1S/C28H25F3N4O4/c1-27(2)25(36)35(20-11-9-17(15-32)21(14-20)28(29,30)31)26(37)34(27)16-18-7-5-6-8-22(18)33-19-10-12-23(38-3)24(13-19)39-4/h5-14,33H,16H2,1-4H3. The zero-order valence-electron chi connectivity index (χ0n) is 21.6. The minimum absolute atomic E-state index is 0.00700. The van der Waals surface area contributed by atoms with Crippen LogP contribution in [0.2, 0.25) is 0 Å². The van der Waals surface area contributed by atoms with Crippen LogP contribution in [0, 0.1) is 11.3 Å². The third-order valence-corrected chi connectivity index (χ3v) is 6.52. The fraction of sp³-hybridized carbons (Fsp3) is 0.250. The Balaban J connectivity index is 1.66. The molecule has 0 radical (unpaired) electrons. The lowest BCUT2D eigenvalue weighted by Crippen LogP contribution is -2.43. The molecule has 11 heteroatoms. The quantitative estimate of drug-likeness (QED) is 0.366. The van der Waals surface area contributed by atoms with Gasteiger partial charge in [-0.2, -0.15) is 18.4 Å². The van der Waals surface area contributed by atoms with Gasteiger partial charge >= 0.3 is 12.2 Å². The number of hydrogen-bond acceptors (Lipinski definition) is 6. The van der Waals surface area contributed by atoms with Crippen LogP contribution in [0.25, 0.3) is 0 Å². The van der Waals surface area contributed by atoms with Crippen molar-refractivity contribution < 1.29 is 32.2 Å². The Kier molecular flexibility index (Phi) is 7.15. The van der Waals surface area contributed by atoms with Crippen molar-refractivity contribution in [1.29, 1.82) is 5.26 Å². The summed E-state index contributed by atoms with van der Waals surface area (Å²) in [7, 11) is 3.05. The molecule has 0 spiro atoms. The second-order valence-electron chi connectivity index (χ2n) is 9.26. The van der Waals surface area contributed by atoms with E-state index in [1.54, 1.807) is 42.5 Å². The van der Waals surface area contributed by atoms with Crippen LogP contribution in [-0.2, 0) is 17.5 Å². The molecule has 0 aliphatic carbocycles. The minimum atomic E-state index is -4.84. The van der Waals surface area contributed by atoms with Gasteiger partial charge in [0, 0.05) is 17.4 Å². The van der Waals surface area contributed by atoms with Gasteiger partial charge in [-0.1, -0.05) is 18.2 Å². The smallest absolute Gasteiger partial charge is 0.417 e. The average Bonchev–Trinajstić information content (AvgIpc) is 3.07. The summed E-state index contributed by atoms with van der Waals surface area (Å²) in [5.74, 6) is 0.379. The van der Waals surface area contributed by atoms with Gasteiger partial charge in [0.1, 0.15) is 5.54 Å². The first-order valence-corrected chi connectivity index (χ1v) is 11.8. The first kappa shape index (κ1) is 27.3. The van der Waals surface area contributed by atoms with Crippen LogP contribution in [0.15, 0.2) is 60.7 Å². The Morgan fingerprint density at radius 1 is 0.974 bits per heavy atom. The van der Waals surface area contributed by atoms with Gasteiger partial charge < -0.3 is 19.7 Å². The summed E-state index contributed by atoms with van der Waals surface area (Å²) in [6, 6.07) is 15.9. The topological polar surface area (TPSA) is 94.9 Å². The van der Waals surface area contributed by atoms with Crippen molar-refractivity contribution in [2.24, 2.45) is 0 Å². The second kappa shape index (κ2) is 10.2. The van der Waals surface area contributed by atoms with Gasteiger partial charge in [-0.15, -0.1) is 0 Å². The molecule has 4 rings (SSSR count). The average molecular weight is 539 g/mol. The van der Waals surface area contributed by atoms with Crippen molar-refractivity contribution >= 4 is 29.0 Å². The molecule has 3 aromatic rings. The molecule has 8 nitrogen and oxygen atoms in total. The first-order valence-electron chi connectivity index (χ1n) is 11.8. The number of nitrogens with one attached hydrogen (secondary N) is 1. The molecule has 0 aromatic heterocycles. The summed E-state index contributed by atoms with van der Waals surface area (Å²) in [6.45, 7) is 3.06. The maximum absolute atomic E-state index is 13.6. The van der Waals surface area contributed by atoms with E-state index in [1.165, 1.54) is 39.0 Å². The summed E-state index contributed by atoms with van der Waals surface area (Å²) in [5, 5.41) is 12.4. The number of carbonyl (C=O) groups excluding carboxylic acids is 2. The van der Waals surface area contributed by atoms with Gasteiger partial charge in [0.15, 0.2) is 11.5 Å². The maximum Gasteiger partial charge on any atom is 0.417 e. The maximum atomic E-state index is 13.6. The fourth-order valence-electron chi connectivity index (χ4n) is 4.35. The Bertz CT molecular complexity index is 1480. The SMILES string of the molecule is COc1ccc(Nc2ccccc2CN2C(=O)N(c3ccc(C#N)c(C(F)(F)F)c3)C(=O)C2(C)C)cc1OC. The molecule has 0 saturated carbocycles. The monoisotopic (exact) mass is 538 g/mol. The second-order valence-corrected chi connectivity index (χ2v) is 9.26. The van der Waals surface area contributed by atoms with Gasteiger partial charge in [-0.3, -0.25) is 4.79 Å². The number of benzene rings is 3. The van der Waals surface area contributed by atoms with Crippen molar-refractivity contribution in [2.75, 3.05) is 24.4 Å². The molecular formula is C28H25F3N4O4. The number of urea groups is 1. The van der Waals surface area contributed by atoms with E-state index < -0.39 is 34.8 Å². The lowest BCUT2D eigenvalue weighted by Gasteiger charge is -2.28. The number of para-hydroxylation sites is 1. The molecule has 0 unspecified atom stereocenters. The van der Waals surface area contributed by atoms with E-state index in [1.807, 2.05) is 0 Å². The third kappa shape index (κ3) is 5.05. The van der Waals surface area contributed by atoms with Gasteiger partial charge in [-0.25, -0.2) is 9.69 Å². The number of carbonyl (C=O) groups is 2. The molecule has 0 bridgehead atoms. The normalized spacial score (nSPS) is 14.8. The molecule has 1 aliphatic rings. The Morgan fingerprint density at radius 3 is 2.31 bits per heavy atom. The summed E-state index contributed by atoms with van der Waals surface area (Å²) >= 11 is 0. The summed E-state index contributed by atoms with van der Waals surface area (Å²) in [4.78, 5) is 28.9. The van der Waals surface area contributed by atoms with Crippen LogP contribution in [0.1, 0.15) is 30.5 Å². The van der Waals surface area contributed by atoms with Crippen molar-refractivity contribution in [3.63, 3.8) is 0 Å². The van der Waals surface area contributed by atoms with Crippen LogP contribution < -0.4 is 19.7 Å². The molecule has 3 amide bonds. The number of hydrogen-bond donors (Lipinski definition) is 1. The lowest BCUT2D eigenvalue weighted by molar-refractivity contribution is -0.137. The summed E-state index contributed by atoms with van der Waals surface area (Å²) in [6.07, 6.45) is -4.84. The van der Waals surface area contributed by atoms with Gasteiger partial charge in [0.2, 0.25) is 0 Å². The lowest BCUT2D eigenvalue weighted by atomic mass is 10.0. The van der Waals surface area contributed by atoms with E-state index >= 15 is 0 Å². The Hall–Kier alpha value is -4.72. The molecule has 1 heterocycles. The van der Waals surface area contributed by atoms with Crippen LogP contribution in [0.5, 0.6) is 11.5 Å². The molecule has 1 saturated heterocycles. The number of nitriles is 1. The molecule has 1 N–H and O–H groups in total. The molecule has 1 fully saturated rings. The number of anilines is 3. The summed E-state index contributed by atoms with van der Waals surface area (Å²) in [5.41, 5.74) is -1.44. The van der Waals surface area contributed by atoms with Crippen LogP contribution in [0.3, 0.4) is 0 Å². The Labute approximate surface area is 223 Å². The van der Waals surface area contributed by atoms with Gasteiger partial charge in [0.05, 0.1) is 43.6 Å². The number of rotatable bonds is 7. The number of ether oxygens (including phenoxy) is 2. The fourth-order valence-corrected chi connectivity index (χ4v) is 4.35. The van der Waals surface area contributed by atoms with E-state index in [4.69, 9.17) is 14.7 Å². The van der Waals surface area contributed by atoms with Crippen molar-refractivity contribution in [3.8, 4) is 17.6 Å². The van der Waals surface area contributed by atoms with E-state index in [2.05, 4.69) is 5.32 Å². The zero-order chi connectivity index (χ0) is 28.5. The van der Waals surface area contributed by atoms with Gasteiger partial charge in [-0.05, 0) is 55.8 Å². The van der Waals surface area contributed by atoms with E-state index in [0.717, 1.165) is 17.0 Å². The highest BCUT2D eigenvalue weighted by molar-refractivity contribution is 6.23. The van der Waals surface area contributed by atoms with Crippen LogP contribution >= 0.6 is 0 Å². The number of nitrogens with zero attached hydrogens (tertiary/aromatic N) is 3. The molecule has 3 aromatic carbocycles. The van der Waals surface area contributed by atoms with Crippen molar-refractivity contribution in [1.82, 2.24) is 4.90 Å². The number of methoxy groups -OCH3 is 2. The largest absolute Gasteiger partial charge is 0.493 e. The Morgan fingerprint density at radius 2 is 1.67 bits per heavy atom. The predicted molar refractivity (Wildman–Crippen MR) is 138 cm³/mol. The van der Waals surface area contributed by atoms with E-state index in [0.29, 0.717) is 34.5 Å². The number of halogens is 3. The predicted octanol–water partition coefficient (Wildman–Crippen LogP) is 6.09. The summed E-state index contributed by atoms with van der Waals surface area (Å²) < 4.78 is 51.3. The molecule has 0 atom stereocenters. The first-order chi connectivity index (χ1) is 18.4.